The molecule has 0 bridgehead atoms. The summed E-state index contributed by atoms with van der Waals surface area (Å²) < 4.78 is 65.6. The van der Waals surface area contributed by atoms with Crippen LogP contribution in [0.1, 0.15) is 48.5 Å². The third kappa shape index (κ3) is 4.76. The third-order valence-corrected chi connectivity index (χ3v) is 6.64. The van der Waals surface area contributed by atoms with Gasteiger partial charge in [0.15, 0.2) is 17.7 Å². The SMILES string of the molecule is CCNS(=O)(=O)Nc1ccc(F)c(C(=O)c2nn(C3CCCCO3)c3ncc(Br)cc23)c1F. The molecule has 4 rings (SSSR count). The van der Waals surface area contributed by atoms with E-state index in [-0.39, 0.29) is 17.6 Å². The van der Waals surface area contributed by atoms with E-state index in [2.05, 4.69) is 30.7 Å². The van der Waals surface area contributed by atoms with E-state index in [0.29, 0.717) is 23.1 Å². The summed E-state index contributed by atoms with van der Waals surface area (Å²) >= 11 is 3.29. The Labute approximate surface area is 196 Å². The van der Waals surface area contributed by atoms with Gasteiger partial charge < -0.3 is 4.74 Å². The molecule has 3 aromatic rings. The number of aromatic nitrogens is 3. The van der Waals surface area contributed by atoms with Crippen LogP contribution in [-0.4, -0.2) is 42.1 Å². The fourth-order valence-corrected chi connectivity index (χ4v) is 4.84. The maximum absolute atomic E-state index is 15.2. The zero-order chi connectivity index (χ0) is 23.8. The number of pyridine rings is 1. The lowest BCUT2D eigenvalue weighted by Gasteiger charge is -2.22. The van der Waals surface area contributed by atoms with Gasteiger partial charge in [0, 0.05) is 23.8 Å². The van der Waals surface area contributed by atoms with E-state index in [0.717, 1.165) is 25.0 Å². The van der Waals surface area contributed by atoms with E-state index in [9.17, 15) is 17.6 Å². The average molecular weight is 544 g/mol. The Bertz CT molecular complexity index is 1330. The second-order valence-corrected chi connectivity index (χ2v) is 9.77. The van der Waals surface area contributed by atoms with Crippen LogP contribution in [-0.2, 0) is 14.9 Å². The zero-order valence-electron chi connectivity index (χ0n) is 17.4. The Morgan fingerprint density at radius 1 is 1.33 bits per heavy atom. The Balaban J connectivity index is 1.82. The van der Waals surface area contributed by atoms with Crippen LogP contribution in [0, 0.1) is 11.6 Å². The van der Waals surface area contributed by atoms with Crippen LogP contribution in [0.3, 0.4) is 0 Å². The molecule has 1 aliphatic rings. The topological polar surface area (TPSA) is 115 Å². The van der Waals surface area contributed by atoms with E-state index in [1.807, 2.05) is 4.72 Å². The van der Waals surface area contributed by atoms with Gasteiger partial charge in [-0.25, -0.2) is 18.4 Å². The fourth-order valence-electron chi connectivity index (χ4n) is 3.61. The van der Waals surface area contributed by atoms with Gasteiger partial charge >= 0.3 is 0 Å². The standard InChI is InChI=1S/C20H20BrF2N5O4S/c1-2-25-33(30,31)27-14-7-6-13(22)16(17(14)23)19(29)18-12-9-11(21)10-24-20(12)28(26-18)15-5-3-4-8-32-15/h6-7,9-10,15,25,27H,2-5,8H2,1H3. The highest BCUT2D eigenvalue weighted by atomic mass is 79.9. The maximum atomic E-state index is 15.2. The molecule has 0 radical (unpaired) electrons. The van der Waals surface area contributed by atoms with E-state index >= 15 is 4.39 Å². The first-order chi connectivity index (χ1) is 15.7. The molecule has 2 aromatic heterocycles. The van der Waals surface area contributed by atoms with Gasteiger partial charge in [-0.1, -0.05) is 6.92 Å². The summed E-state index contributed by atoms with van der Waals surface area (Å²) in [5, 5.41) is 4.60. The normalized spacial score (nSPS) is 16.8. The number of benzene rings is 1. The average Bonchev–Trinajstić information content (AvgIpc) is 3.15. The van der Waals surface area contributed by atoms with Crippen LogP contribution in [0.2, 0.25) is 0 Å². The second-order valence-electron chi connectivity index (χ2n) is 7.36. The van der Waals surface area contributed by atoms with Crippen LogP contribution >= 0.6 is 15.9 Å². The number of carbonyl (C=O) groups excluding carboxylic acids is 1. The lowest BCUT2D eigenvalue weighted by Crippen LogP contribution is -2.30. The number of fused-ring (bicyclic) bond motifs is 1. The summed E-state index contributed by atoms with van der Waals surface area (Å²) in [6.45, 7) is 2.11. The molecule has 176 valence electrons. The minimum atomic E-state index is -4.10. The maximum Gasteiger partial charge on any atom is 0.299 e. The van der Waals surface area contributed by atoms with Gasteiger partial charge in [-0.2, -0.15) is 18.2 Å². The van der Waals surface area contributed by atoms with Crippen molar-refractivity contribution < 1.29 is 26.7 Å². The predicted molar refractivity (Wildman–Crippen MR) is 120 cm³/mol. The molecule has 1 unspecified atom stereocenters. The largest absolute Gasteiger partial charge is 0.356 e. The molecule has 3 heterocycles. The van der Waals surface area contributed by atoms with Crippen molar-refractivity contribution in [2.75, 3.05) is 17.9 Å². The highest BCUT2D eigenvalue weighted by Gasteiger charge is 2.30. The van der Waals surface area contributed by atoms with Gasteiger partial charge in [0.1, 0.15) is 11.5 Å². The molecule has 1 fully saturated rings. The van der Waals surface area contributed by atoms with E-state index < -0.39 is 45.1 Å². The van der Waals surface area contributed by atoms with Crippen LogP contribution in [0.5, 0.6) is 0 Å². The summed E-state index contributed by atoms with van der Waals surface area (Å²) in [6.07, 6.45) is 3.49. The van der Waals surface area contributed by atoms with Crippen molar-refractivity contribution in [2.45, 2.75) is 32.4 Å². The number of hydrogen-bond acceptors (Lipinski definition) is 6. The molecule has 1 atom stereocenters. The number of nitrogens with one attached hydrogen (secondary N) is 2. The summed E-state index contributed by atoms with van der Waals surface area (Å²) in [7, 11) is -4.10. The van der Waals surface area contributed by atoms with Crippen LogP contribution in [0.25, 0.3) is 11.0 Å². The Kier molecular flexibility index (Phi) is 6.75. The highest BCUT2D eigenvalue weighted by molar-refractivity contribution is 9.10. The second kappa shape index (κ2) is 9.41. The molecule has 1 aliphatic heterocycles. The van der Waals surface area contributed by atoms with E-state index in [1.54, 1.807) is 13.0 Å². The molecule has 0 aliphatic carbocycles. The molecule has 1 saturated heterocycles. The summed E-state index contributed by atoms with van der Waals surface area (Å²) in [6, 6.07) is 3.30. The molecular weight excluding hydrogens is 524 g/mol. The Morgan fingerprint density at radius 3 is 2.82 bits per heavy atom. The van der Waals surface area contributed by atoms with Gasteiger partial charge in [0.05, 0.1) is 16.6 Å². The molecular formula is C20H20BrF2N5O4S. The van der Waals surface area contributed by atoms with Crippen LogP contribution < -0.4 is 9.44 Å². The van der Waals surface area contributed by atoms with Crippen molar-refractivity contribution in [3.8, 4) is 0 Å². The molecule has 0 saturated carbocycles. The first-order valence-corrected chi connectivity index (χ1v) is 12.4. The first kappa shape index (κ1) is 23.7. The van der Waals surface area contributed by atoms with Gasteiger partial charge in [-0.05, 0) is 53.4 Å². The first-order valence-electron chi connectivity index (χ1n) is 10.2. The molecule has 2 N–H and O–H groups in total. The molecule has 0 amide bonds. The zero-order valence-corrected chi connectivity index (χ0v) is 19.8. The number of halogens is 3. The van der Waals surface area contributed by atoms with Crippen molar-refractivity contribution in [3.05, 3.63) is 51.8 Å². The van der Waals surface area contributed by atoms with E-state index in [4.69, 9.17) is 4.74 Å². The number of ether oxygens (including phenoxy) is 1. The molecule has 9 nitrogen and oxygen atoms in total. The van der Waals surface area contributed by atoms with Crippen molar-refractivity contribution in [2.24, 2.45) is 0 Å². The molecule has 1 aromatic carbocycles. The minimum absolute atomic E-state index is 0.0540. The van der Waals surface area contributed by atoms with Crippen molar-refractivity contribution in [3.63, 3.8) is 0 Å². The lowest BCUT2D eigenvalue weighted by atomic mass is 10.0. The monoisotopic (exact) mass is 543 g/mol. The van der Waals surface area contributed by atoms with Gasteiger partial charge in [0.2, 0.25) is 5.78 Å². The van der Waals surface area contributed by atoms with Crippen LogP contribution in [0.4, 0.5) is 14.5 Å². The molecule has 13 heteroatoms. The summed E-state index contributed by atoms with van der Waals surface area (Å²) in [5.74, 6) is -3.54. The molecule has 0 spiro atoms. The van der Waals surface area contributed by atoms with Crippen molar-refractivity contribution in [1.29, 1.82) is 0 Å². The Hall–Kier alpha value is -2.48. The number of nitrogens with zero attached hydrogens (tertiary/aromatic N) is 3. The highest BCUT2D eigenvalue weighted by Crippen LogP contribution is 2.31. The number of ketones is 1. The van der Waals surface area contributed by atoms with Crippen molar-refractivity contribution >= 4 is 48.6 Å². The van der Waals surface area contributed by atoms with E-state index in [1.165, 1.54) is 10.9 Å². The Morgan fingerprint density at radius 2 is 2.12 bits per heavy atom. The van der Waals surface area contributed by atoms with Gasteiger partial charge in [-0.15, -0.1) is 0 Å². The van der Waals surface area contributed by atoms with Gasteiger partial charge in [0.25, 0.3) is 10.2 Å². The predicted octanol–water partition coefficient (Wildman–Crippen LogP) is 3.67. The molecule has 33 heavy (non-hydrogen) atoms. The summed E-state index contributed by atoms with van der Waals surface area (Å²) in [4.78, 5) is 17.6. The lowest BCUT2D eigenvalue weighted by molar-refractivity contribution is -0.0371. The minimum Gasteiger partial charge on any atom is -0.356 e. The third-order valence-electron chi connectivity index (χ3n) is 5.05. The number of anilines is 1. The fraction of sp³-hybridized carbons (Fsp3) is 0.350. The number of rotatable bonds is 7. The number of carbonyl (C=O) groups is 1. The van der Waals surface area contributed by atoms with Gasteiger partial charge in [-0.3, -0.25) is 9.52 Å². The smallest absolute Gasteiger partial charge is 0.299 e. The van der Waals surface area contributed by atoms with Crippen LogP contribution in [0.15, 0.2) is 28.9 Å². The number of hydrogen-bond donors (Lipinski definition) is 2. The van der Waals surface area contributed by atoms with Crippen molar-refractivity contribution in [1.82, 2.24) is 19.5 Å². The quantitative estimate of drug-likeness (QED) is 0.439. The summed E-state index contributed by atoms with van der Waals surface area (Å²) in [5.41, 5.74) is -1.39.